The topological polar surface area (TPSA) is 123 Å². The molecule has 2 aromatic rings. The molecule has 0 saturated heterocycles. The molecule has 10 heteroatoms. The van der Waals surface area contributed by atoms with Crippen LogP contribution in [0.15, 0.2) is 66.4 Å². The molecule has 1 atom stereocenters. The highest BCUT2D eigenvalue weighted by molar-refractivity contribution is 6.10. The molecule has 10 nitrogen and oxygen atoms in total. The van der Waals surface area contributed by atoms with Gasteiger partial charge in [0, 0.05) is 16.8 Å². The Morgan fingerprint density at radius 3 is 2.36 bits per heavy atom. The van der Waals surface area contributed by atoms with Gasteiger partial charge in [-0.25, -0.2) is 9.59 Å². The van der Waals surface area contributed by atoms with Crippen molar-refractivity contribution < 1.29 is 33.4 Å². The molecule has 186 valence electrons. The lowest BCUT2D eigenvalue weighted by atomic mass is 9.95. The van der Waals surface area contributed by atoms with Crippen LogP contribution < -0.4 is 15.4 Å². The van der Waals surface area contributed by atoms with Gasteiger partial charge in [-0.05, 0) is 30.7 Å². The van der Waals surface area contributed by atoms with Crippen LogP contribution in [0.25, 0.3) is 5.70 Å². The number of carbonyl (C=O) groups is 4. The molecule has 0 bridgehead atoms. The number of amides is 3. The Kier molecular flexibility index (Phi) is 7.05. The monoisotopic (exact) mass is 491 g/mol. The average molecular weight is 492 g/mol. The molecular weight excluding hydrogens is 466 g/mol. The summed E-state index contributed by atoms with van der Waals surface area (Å²) in [5, 5.41) is 5.24. The fraction of sp³-hybridized carbons (Fsp3) is 0.231. The van der Waals surface area contributed by atoms with Gasteiger partial charge in [0.1, 0.15) is 18.9 Å². The van der Waals surface area contributed by atoms with Crippen LogP contribution in [0.4, 0.5) is 4.79 Å². The Morgan fingerprint density at radius 1 is 1.03 bits per heavy atom. The molecule has 4 rings (SSSR count). The zero-order valence-corrected chi connectivity index (χ0v) is 19.8. The van der Waals surface area contributed by atoms with Crippen molar-refractivity contribution >= 4 is 29.6 Å². The van der Waals surface area contributed by atoms with E-state index >= 15 is 0 Å². The summed E-state index contributed by atoms with van der Waals surface area (Å²) in [6.45, 7) is 4.89. The minimum Gasteiger partial charge on any atom is -0.497 e. The lowest BCUT2D eigenvalue weighted by Gasteiger charge is -2.29. The molecule has 0 aliphatic carbocycles. The molecule has 3 amide bonds. The van der Waals surface area contributed by atoms with E-state index in [1.54, 1.807) is 55.5 Å². The van der Waals surface area contributed by atoms with E-state index in [4.69, 9.17) is 14.2 Å². The molecule has 2 aliphatic rings. The molecule has 0 fully saturated rings. The lowest BCUT2D eigenvalue weighted by molar-refractivity contribution is -0.143. The van der Waals surface area contributed by atoms with Crippen LogP contribution in [-0.4, -0.2) is 55.6 Å². The van der Waals surface area contributed by atoms with E-state index in [1.165, 1.54) is 12.0 Å². The van der Waals surface area contributed by atoms with Crippen molar-refractivity contribution in [3.63, 3.8) is 0 Å². The van der Waals surface area contributed by atoms with E-state index in [0.717, 1.165) is 0 Å². The van der Waals surface area contributed by atoms with Crippen molar-refractivity contribution in [3.8, 4) is 5.75 Å². The number of benzene rings is 2. The zero-order valence-electron chi connectivity index (χ0n) is 19.8. The minimum absolute atomic E-state index is 0.0845. The molecule has 2 N–H and O–H groups in total. The maximum atomic E-state index is 12.9. The Bertz CT molecular complexity index is 1230. The number of nitrogens with zero attached hydrogens (tertiary/aromatic N) is 1. The second kappa shape index (κ2) is 10.3. The second-order valence-corrected chi connectivity index (χ2v) is 7.96. The Labute approximate surface area is 207 Å². The fourth-order valence-electron chi connectivity index (χ4n) is 4.06. The van der Waals surface area contributed by atoms with Crippen LogP contribution in [0, 0.1) is 0 Å². The Morgan fingerprint density at radius 2 is 1.72 bits per heavy atom. The SMILES string of the molecule is C=C1c2ccccc2C(=O)N1CC(=O)OCC1=C(C(=O)OCC)[C@H](c2ccc(OC)cc2)NC(=O)N1. The van der Waals surface area contributed by atoms with Crippen molar-refractivity contribution in [3.05, 3.63) is 83.1 Å². The molecule has 2 aliphatic heterocycles. The molecule has 0 saturated carbocycles. The fourth-order valence-corrected chi connectivity index (χ4v) is 4.06. The summed E-state index contributed by atoms with van der Waals surface area (Å²) in [6, 6.07) is 12.3. The van der Waals surface area contributed by atoms with Crippen LogP contribution in [-0.2, 0) is 19.1 Å². The van der Waals surface area contributed by atoms with Crippen molar-refractivity contribution in [1.82, 2.24) is 15.5 Å². The number of hydrogen-bond donors (Lipinski definition) is 2. The number of rotatable bonds is 8. The highest BCUT2D eigenvalue weighted by Crippen LogP contribution is 2.31. The van der Waals surface area contributed by atoms with Crippen LogP contribution in [0.2, 0.25) is 0 Å². The van der Waals surface area contributed by atoms with Gasteiger partial charge in [-0.2, -0.15) is 0 Å². The van der Waals surface area contributed by atoms with Crippen LogP contribution in [0.5, 0.6) is 5.75 Å². The number of carbonyl (C=O) groups excluding carboxylic acids is 4. The summed E-state index contributed by atoms with van der Waals surface area (Å²) < 4.78 is 15.7. The van der Waals surface area contributed by atoms with Gasteiger partial charge in [-0.3, -0.25) is 14.5 Å². The maximum absolute atomic E-state index is 12.9. The van der Waals surface area contributed by atoms with Crippen LogP contribution >= 0.6 is 0 Å². The van der Waals surface area contributed by atoms with Gasteiger partial charge >= 0.3 is 18.0 Å². The number of urea groups is 1. The third-order valence-corrected chi connectivity index (χ3v) is 5.80. The van der Waals surface area contributed by atoms with Gasteiger partial charge < -0.3 is 24.8 Å². The summed E-state index contributed by atoms with van der Waals surface area (Å²) in [5.74, 6) is -1.15. The van der Waals surface area contributed by atoms with Gasteiger partial charge in [-0.1, -0.05) is 36.9 Å². The van der Waals surface area contributed by atoms with Crippen molar-refractivity contribution in [2.45, 2.75) is 13.0 Å². The maximum Gasteiger partial charge on any atom is 0.338 e. The van der Waals surface area contributed by atoms with E-state index in [1.807, 2.05) is 0 Å². The standard InChI is InChI=1S/C26H25N3O7/c1-4-35-25(32)22-20(27-26(33)28-23(22)16-9-11-17(34-3)12-10-16)14-36-21(30)13-29-15(2)18-7-5-6-8-19(18)24(29)31/h5-12,23H,2,4,13-14H2,1,3H3,(H2,27,28,33)/t23-/m0/s1. The molecule has 2 heterocycles. The van der Waals surface area contributed by atoms with Gasteiger partial charge in [0.05, 0.1) is 31.0 Å². The van der Waals surface area contributed by atoms with Crippen molar-refractivity contribution in [1.29, 1.82) is 0 Å². The average Bonchev–Trinajstić information content (AvgIpc) is 3.12. The summed E-state index contributed by atoms with van der Waals surface area (Å²) in [5.41, 5.74) is 2.29. The number of methoxy groups -OCH3 is 1. The Hall–Kier alpha value is -4.60. The number of esters is 2. The molecular formula is C26H25N3O7. The molecule has 2 aromatic carbocycles. The molecule has 0 radical (unpaired) electrons. The predicted octanol–water partition coefficient (Wildman–Crippen LogP) is 2.54. The second-order valence-electron chi connectivity index (χ2n) is 7.96. The first-order chi connectivity index (χ1) is 17.3. The highest BCUT2D eigenvalue weighted by Gasteiger charge is 2.35. The van der Waals surface area contributed by atoms with Gasteiger partial charge in [0.25, 0.3) is 5.91 Å². The predicted molar refractivity (Wildman–Crippen MR) is 129 cm³/mol. The van der Waals surface area contributed by atoms with Crippen molar-refractivity contribution in [2.75, 3.05) is 26.9 Å². The minimum atomic E-state index is -0.841. The van der Waals surface area contributed by atoms with Crippen LogP contribution in [0.3, 0.4) is 0 Å². The number of fused-ring (bicyclic) bond motifs is 1. The number of hydrogen-bond acceptors (Lipinski definition) is 7. The van der Waals surface area contributed by atoms with E-state index in [0.29, 0.717) is 28.1 Å². The molecule has 36 heavy (non-hydrogen) atoms. The molecule has 0 aromatic heterocycles. The zero-order chi connectivity index (χ0) is 25.8. The molecule has 0 spiro atoms. The quantitative estimate of drug-likeness (QED) is 0.544. The van der Waals surface area contributed by atoms with Gasteiger partial charge in [-0.15, -0.1) is 0 Å². The largest absolute Gasteiger partial charge is 0.497 e. The first-order valence-electron chi connectivity index (χ1n) is 11.2. The summed E-state index contributed by atoms with van der Waals surface area (Å²) >= 11 is 0. The third-order valence-electron chi connectivity index (χ3n) is 5.80. The first kappa shape index (κ1) is 24.5. The van der Waals surface area contributed by atoms with E-state index in [2.05, 4.69) is 17.2 Å². The first-order valence-corrected chi connectivity index (χ1v) is 11.2. The normalized spacial score (nSPS) is 16.8. The number of ether oxygens (including phenoxy) is 3. The summed E-state index contributed by atoms with van der Waals surface area (Å²) in [6.07, 6.45) is 0. The van der Waals surface area contributed by atoms with Crippen molar-refractivity contribution in [2.24, 2.45) is 0 Å². The third kappa shape index (κ3) is 4.78. The smallest absolute Gasteiger partial charge is 0.338 e. The summed E-state index contributed by atoms with van der Waals surface area (Å²) in [4.78, 5) is 51.8. The highest BCUT2D eigenvalue weighted by atomic mass is 16.5. The summed E-state index contributed by atoms with van der Waals surface area (Å²) in [7, 11) is 1.53. The van der Waals surface area contributed by atoms with Gasteiger partial charge in [0.2, 0.25) is 0 Å². The van der Waals surface area contributed by atoms with E-state index in [-0.39, 0.29) is 30.3 Å². The molecule has 0 unspecified atom stereocenters. The lowest BCUT2D eigenvalue weighted by Crippen LogP contribution is -2.47. The van der Waals surface area contributed by atoms with Gasteiger partial charge in [0.15, 0.2) is 0 Å². The van der Waals surface area contributed by atoms with Crippen LogP contribution in [0.1, 0.15) is 34.5 Å². The van der Waals surface area contributed by atoms with E-state index < -0.39 is 30.6 Å². The van der Waals surface area contributed by atoms with E-state index in [9.17, 15) is 19.2 Å². The Balaban J connectivity index is 1.54. The number of nitrogens with one attached hydrogen (secondary N) is 2.